The first-order valence-electron chi connectivity index (χ1n) is 10.2. The molecule has 1 fully saturated rings. The molecule has 2 amide bonds. The Hall–Kier alpha value is -3.79. The summed E-state index contributed by atoms with van der Waals surface area (Å²) < 4.78 is 1.49. The highest BCUT2D eigenvalue weighted by atomic mass is 32.1. The van der Waals surface area contributed by atoms with Gasteiger partial charge in [-0.3, -0.25) is 19.0 Å². The molecule has 4 aromatic heterocycles. The predicted octanol–water partition coefficient (Wildman–Crippen LogP) is 2.85. The Morgan fingerprint density at radius 3 is 2.75 bits per heavy atom. The van der Waals surface area contributed by atoms with Gasteiger partial charge in [0.25, 0.3) is 11.5 Å². The highest BCUT2D eigenvalue weighted by molar-refractivity contribution is 7.14. The van der Waals surface area contributed by atoms with Gasteiger partial charge in [0.15, 0.2) is 10.9 Å². The molecule has 4 heterocycles. The summed E-state index contributed by atoms with van der Waals surface area (Å²) in [4.78, 5) is 50.8. The molecule has 3 N–H and O–H groups in total. The molecule has 5 rings (SSSR count). The van der Waals surface area contributed by atoms with Crippen LogP contribution in [0.2, 0.25) is 0 Å². The van der Waals surface area contributed by atoms with Crippen LogP contribution in [0, 0.1) is 12.8 Å². The molecule has 0 saturated heterocycles. The standard InChI is InChI=1S/C22H20N6O3S/c1-11-9-25-22(32-11)28-7-3-4-13(21(28)31)16-8-14-15(20(30)23-2)10-24-18(17(14)26-16)27-19(29)12-5-6-12/h3-4,7-10,12,26H,5-6H2,1-2H3,(H,23,30)(H,24,27,29). The van der Waals surface area contributed by atoms with Crippen LogP contribution in [-0.2, 0) is 4.79 Å². The molecule has 0 aliphatic heterocycles. The number of nitrogens with one attached hydrogen (secondary N) is 3. The number of aromatic nitrogens is 4. The highest BCUT2D eigenvalue weighted by Gasteiger charge is 2.30. The van der Waals surface area contributed by atoms with E-state index in [1.807, 2.05) is 6.92 Å². The first kappa shape index (κ1) is 20.1. The summed E-state index contributed by atoms with van der Waals surface area (Å²) >= 11 is 1.42. The van der Waals surface area contributed by atoms with Crippen LogP contribution in [0.25, 0.3) is 27.3 Å². The van der Waals surface area contributed by atoms with E-state index in [2.05, 4.69) is 25.6 Å². The molecule has 0 unspecified atom stereocenters. The molecular weight excluding hydrogens is 428 g/mol. The molecule has 1 aliphatic carbocycles. The molecule has 162 valence electrons. The predicted molar refractivity (Wildman–Crippen MR) is 122 cm³/mol. The first-order valence-corrected chi connectivity index (χ1v) is 11.0. The Morgan fingerprint density at radius 2 is 2.06 bits per heavy atom. The molecular formula is C22H20N6O3S. The first-order chi connectivity index (χ1) is 15.5. The second kappa shape index (κ2) is 7.72. The van der Waals surface area contributed by atoms with E-state index >= 15 is 0 Å². The highest BCUT2D eigenvalue weighted by Crippen LogP contribution is 2.33. The van der Waals surface area contributed by atoms with E-state index in [4.69, 9.17) is 0 Å². The second-order valence-electron chi connectivity index (χ2n) is 7.69. The maximum absolute atomic E-state index is 13.2. The molecule has 0 spiro atoms. The molecule has 1 saturated carbocycles. The SMILES string of the molecule is CNC(=O)c1cnc(NC(=O)C2CC2)c2[nH]c(-c3cccn(-c4ncc(C)s4)c3=O)cc12. The zero-order chi connectivity index (χ0) is 22.4. The van der Waals surface area contributed by atoms with Crippen LogP contribution >= 0.6 is 11.3 Å². The van der Waals surface area contributed by atoms with Gasteiger partial charge in [-0.15, -0.1) is 11.3 Å². The number of carbonyl (C=O) groups excluding carboxylic acids is 2. The van der Waals surface area contributed by atoms with Crippen molar-refractivity contribution in [3.8, 4) is 16.4 Å². The minimum absolute atomic E-state index is 0.00276. The third-order valence-corrected chi connectivity index (χ3v) is 6.29. The average Bonchev–Trinajstić information content (AvgIpc) is 3.41. The van der Waals surface area contributed by atoms with Gasteiger partial charge in [-0.05, 0) is 38.0 Å². The quantitative estimate of drug-likeness (QED) is 0.433. The normalized spacial score (nSPS) is 13.3. The number of rotatable bonds is 5. The van der Waals surface area contributed by atoms with Crippen molar-refractivity contribution in [1.82, 2.24) is 24.8 Å². The van der Waals surface area contributed by atoms with Gasteiger partial charge >= 0.3 is 0 Å². The Balaban J connectivity index is 1.66. The average molecular weight is 449 g/mol. The van der Waals surface area contributed by atoms with Crippen LogP contribution < -0.4 is 16.2 Å². The fourth-order valence-electron chi connectivity index (χ4n) is 3.54. The zero-order valence-corrected chi connectivity index (χ0v) is 18.2. The van der Waals surface area contributed by atoms with Gasteiger partial charge in [-0.25, -0.2) is 9.97 Å². The molecule has 0 bridgehead atoms. The molecule has 1 aliphatic rings. The molecule has 4 aromatic rings. The number of pyridine rings is 2. The van der Waals surface area contributed by atoms with Gasteiger partial charge < -0.3 is 15.6 Å². The number of hydrogen-bond donors (Lipinski definition) is 3. The van der Waals surface area contributed by atoms with Crippen LogP contribution in [0.4, 0.5) is 5.82 Å². The van der Waals surface area contributed by atoms with Gasteiger partial charge in [0, 0.05) is 41.8 Å². The number of amides is 2. The minimum atomic E-state index is -0.308. The zero-order valence-electron chi connectivity index (χ0n) is 17.4. The van der Waals surface area contributed by atoms with Crippen molar-refractivity contribution in [3.05, 3.63) is 57.6 Å². The van der Waals surface area contributed by atoms with Crippen molar-refractivity contribution < 1.29 is 9.59 Å². The number of aryl methyl sites for hydroxylation is 1. The molecule has 9 nitrogen and oxygen atoms in total. The number of hydrogen-bond acceptors (Lipinski definition) is 6. The van der Waals surface area contributed by atoms with Crippen LogP contribution in [0.1, 0.15) is 28.1 Å². The Morgan fingerprint density at radius 1 is 1.25 bits per heavy atom. The van der Waals surface area contributed by atoms with E-state index in [0.29, 0.717) is 38.7 Å². The monoisotopic (exact) mass is 448 g/mol. The van der Waals surface area contributed by atoms with Crippen molar-refractivity contribution in [2.24, 2.45) is 5.92 Å². The van der Waals surface area contributed by atoms with Crippen molar-refractivity contribution in [3.63, 3.8) is 0 Å². The third kappa shape index (κ3) is 3.48. The summed E-state index contributed by atoms with van der Waals surface area (Å²) in [6.45, 7) is 1.93. The summed E-state index contributed by atoms with van der Waals surface area (Å²) in [7, 11) is 1.54. The van der Waals surface area contributed by atoms with E-state index in [0.717, 1.165) is 17.7 Å². The molecule has 32 heavy (non-hydrogen) atoms. The number of aromatic amines is 1. The number of carbonyl (C=O) groups is 2. The number of fused-ring (bicyclic) bond motifs is 1. The van der Waals surface area contributed by atoms with Crippen molar-refractivity contribution >= 4 is 39.9 Å². The number of thiazole rings is 1. The largest absolute Gasteiger partial charge is 0.355 e. The van der Waals surface area contributed by atoms with Gasteiger partial charge in [0.05, 0.1) is 22.3 Å². The lowest BCUT2D eigenvalue weighted by atomic mass is 10.1. The van der Waals surface area contributed by atoms with E-state index < -0.39 is 0 Å². The van der Waals surface area contributed by atoms with Gasteiger partial charge in [-0.2, -0.15) is 0 Å². The maximum atomic E-state index is 13.2. The van der Waals surface area contributed by atoms with Gasteiger partial charge in [-0.1, -0.05) is 0 Å². The topological polar surface area (TPSA) is 122 Å². The Bertz CT molecular complexity index is 1430. The smallest absolute Gasteiger partial charge is 0.266 e. The van der Waals surface area contributed by atoms with Crippen LogP contribution in [0.5, 0.6) is 0 Å². The molecule has 0 aromatic carbocycles. The van der Waals surface area contributed by atoms with E-state index in [-0.39, 0.29) is 23.3 Å². The van der Waals surface area contributed by atoms with Crippen molar-refractivity contribution in [2.75, 3.05) is 12.4 Å². The summed E-state index contributed by atoms with van der Waals surface area (Å²) in [5.74, 6) is -0.0636. The van der Waals surface area contributed by atoms with Crippen molar-refractivity contribution in [1.29, 1.82) is 0 Å². The number of H-pyrrole nitrogens is 1. The summed E-state index contributed by atoms with van der Waals surface area (Å²) in [5.41, 5.74) is 1.54. The summed E-state index contributed by atoms with van der Waals surface area (Å²) in [6, 6.07) is 5.22. The third-order valence-electron chi connectivity index (χ3n) is 5.38. The van der Waals surface area contributed by atoms with Crippen LogP contribution in [0.15, 0.2) is 41.6 Å². The maximum Gasteiger partial charge on any atom is 0.266 e. The molecule has 10 heteroatoms. The lowest BCUT2D eigenvalue weighted by Gasteiger charge is -2.07. The second-order valence-corrected chi connectivity index (χ2v) is 8.90. The van der Waals surface area contributed by atoms with E-state index in [1.54, 1.807) is 30.6 Å². The lowest BCUT2D eigenvalue weighted by molar-refractivity contribution is -0.117. The fraction of sp³-hybridized carbons (Fsp3) is 0.227. The fourth-order valence-corrected chi connectivity index (χ4v) is 4.28. The molecule has 0 radical (unpaired) electrons. The van der Waals surface area contributed by atoms with E-state index in [1.165, 1.54) is 29.1 Å². The molecule has 0 atom stereocenters. The van der Waals surface area contributed by atoms with Crippen LogP contribution in [0.3, 0.4) is 0 Å². The van der Waals surface area contributed by atoms with Gasteiger partial charge in [0.1, 0.15) is 0 Å². The lowest BCUT2D eigenvalue weighted by Crippen LogP contribution is -2.19. The minimum Gasteiger partial charge on any atom is -0.355 e. The summed E-state index contributed by atoms with van der Waals surface area (Å²) in [5, 5.41) is 6.60. The Labute approximate surface area is 186 Å². The summed E-state index contributed by atoms with van der Waals surface area (Å²) in [6.07, 6.45) is 6.55. The Kier molecular flexibility index (Phi) is 4.86. The van der Waals surface area contributed by atoms with E-state index in [9.17, 15) is 14.4 Å². The van der Waals surface area contributed by atoms with Crippen molar-refractivity contribution in [2.45, 2.75) is 19.8 Å². The van der Waals surface area contributed by atoms with Gasteiger partial charge in [0.2, 0.25) is 5.91 Å². The van der Waals surface area contributed by atoms with Crippen LogP contribution in [-0.4, -0.2) is 38.4 Å². The number of anilines is 1. The number of nitrogens with zero attached hydrogens (tertiary/aromatic N) is 3.